The van der Waals surface area contributed by atoms with E-state index in [-0.39, 0.29) is 41.3 Å². The average Bonchev–Trinajstić information content (AvgIpc) is 4.05. The number of nitrogens with zero attached hydrogens (tertiary/aromatic N) is 4. The van der Waals surface area contributed by atoms with Gasteiger partial charge in [0, 0.05) is 42.2 Å². The zero-order chi connectivity index (χ0) is 41.1. The zero-order valence-corrected chi connectivity index (χ0v) is 35.8. The fraction of sp³-hybridized carbons (Fsp3) is 0.469. The summed E-state index contributed by atoms with van der Waals surface area (Å²) in [5.41, 5.74) is 9.49. The van der Waals surface area contributed by atoms with E-state index in [1.54, 1.807) is 0 Å². The predicted octanol–water partition coefficient (Wildman–Crippen LogP) is 11.0. The smallest absolute Gasteiger partial charge is 0.245 e. The molecule has 2 amide bonds. The van der Waals surface area contributed by atoms with Crippen molar-refractivity contribution in [3.05, 3.63) is 113 Å². The van der Waals surface area contributed by atoms with Gasteiger partial charge in [0.05, 0.1) is 30.0 Å². The minimum Gasteiger partial charge on any atom is -0.357 e. The molecule has 0 saturated carbocycles. The second-order valence-electron chi connectivity index (χ2n) is 18.1. The Balaban J connectivity index is 1.11. The normalized spacial score (nSPS) is 19.5. The number of H-pyrrole nitrogens is 2. The van der Waals surface area contributed by atoms with Gasteiger partial charge in [-0.05, 0) is 78.2 Å². The molecule has 0 spiro atoms. The second-order valence-corrected chi connectivity index (χ2v) is 18.1. The summed E-state index contributed by atoms with van der Waals surface area (Å²) in [6.45, 7) is 17.4. The number of carbonyl (C=O) groups excluding carboxylic acids is 2. The number of benzene rings is 3. The van der Waals surface area contributed by atoms with Crippen molar-refractivity contribution in [1.29, 1.82) is 0 Å². The lowest BCUT2D eigenvalue weighted by Crippen LogP contribution is -2.50. The molecule has 4 heterocycles. The first-order valence-electron chi connectivity index (χ1n) is 21.6. The fourth-order valence-electron chi connectivity index (χ4n) is 9.00. The van der Waals surface area contributed by atoms with Crippen molar-refractivity contribution in [2.45, 2.75) is 136 Å². The van der Waals surface area contributed by atoms with Crippen molar-refractivity contribution in [3.63, 3.8) is 0 Å². The third-order valence-corrected chi connectivity index (χ3v) is 12.5. The number of rotatable bonds is 13. The molecule has 306 valence electrons. The molecule has 2 aliphatic rings. The lowest BCUT2D eigenvalue weighted by Gasteiger charge is -2.34. The van der Waals surface area contributed by atoms with E-state index < -0.39 is 6.04 Å². The van der Waals surface area contributed by atoms with E-state index in [9.17, 15) is 9.59 Å². The van der Waals surface area contributed by atoms with E-state index >= 15 is 0 Å². The summed E-state index contributed by atoms with van der Waals surface area (Å²) in [6.07, 6.45) is 11.3. The first-order valence-corrected chi connectivity index (χ1v) is 21.6. The summed E-state index contributed by atoms with van der Waals surface area (Å²) in [5, 5.41) is 2.87. The van der Waals surface area contributed by atoms with Crippen LogP contribution in [0, 0.1) is 5.92 Å². The highest BCUT2D eigenvalue weighted by molar-refractivity contribution is 5.87. The molecule has 0 radical (unpaired) electrons. The van der Waals surface area contributed by atoms with Gasteiger partial charge in [-0.3, -0.25) is 9.59 Å². The molecule has 3 aromatic carbocycles. The number of anilines is 1. The Labute approximate surface area is 345 Å². The van der Waals surface area contributed by atoms with Crippen LogP contribution in [-0.4, -0.2) is 49.2 Å². The Kier molecular flexibility index (Phi) is 12.3. The summed E-state index contributed by atoms with van der Waals surface area (Å²) in [5.74, 6) is 1.97. The number of likely N-dealkylation sites (tertiary alicyclic amines) is 1. The minimum atomic E-state index is -0.544. The maximum atomic E-state index is 13.6. The molecular weight excluding hydrogens is 719 g/mol. The van der Waals surface area contributed by atoms with Crippen LogP contribution < -0.4 is 10.2 Å². The van der Waals surface area contributed by atoms with E-state index in [2.05, 4.69) is 128 Å². The van der Waals surface area contributed by atoms with Crippen molar-refractivity contribution in [2.75, 3.05) is 11.4 Å². The number of aromatic nitrogens is 4. The number of carbonyl (C=O) groups is 2. The van der Waals surface area contributed by atoms with Crippen LogP contribution in [0.25, 0.3) is 22.8 Å². The van der Waals surface area contributed by atoms with Crippen LogP contribution in [0.5, 0.6) is 0 Å². The Hall–Kier alpha value is -5.18. The first kappa shape index (κ1) is 41.0. The van der Waals surface area contributed by atoms with Crippen LogP contribution in [-0.2, 0) is 15.0 Å². The molecule has 2 aromatic heterocycles. The van der Waals surface area contributed by atoms with Gasteiger partial charge in [-0.25, -0.2) is 9.97 Å². The lowest BCUT2D eigenvalue weighted by atomic mass is 9.87. The quantitative estimate of drug-likeness (QED) is 0.110. The van der Waals surface area contributed by atoms with E-state index in [0.29, 0.717) is 12.5 Å². The van der Waals surface area contributed by atoms with Gasteiger partial charge in [-0.15, -0.1) is 0 Å². The van der Waals surface area contributed by atoms with E-state index in [4.69, 9.17) is 9.97 Å². The van der Waals surface area contributed by atoms with E-state index in [0.717, 1.165) is 54.2 Å². The highest BCUT2D eigenvalue weighted by atomic mass is 16.2. The Morgan fingerprint density at radius 2 is 1.38 bits per heavy atom. The predicted molar refractivity (Wildman–Crippen MR) is 234 cm³/mol. The average molecular weight is 782 g/mol. The third kappa shape index (κ3) is 8.79. The maximum absolute atomic E-state index is 13.6. The van der Waals surface area contributed by atoms with Gasteiger partial charge in [-0.1, -0.05) is 122 Å². The summed E-state index contributed by atoms with van der Waals surface area (Å²) in [4.78, 5) is 46.8. The van der Waals surface area contributed by atoms with Crippen LogP contribution in [0.2, 0.25) is 0 Å². The molecule has 7 rings (SSSR count). The highest BCUT2D eigenvalue weighted by Crippen LogP contribution is 2.47. The Morgan fingerprint density at radius 1 is 0.793 bits per heavy atom. The van der Waals surface area contributed by atoms with E-state index in [1.807, 2.05) is 31.1 Å². The number of hydrogen-bond acceptors (Lipinski definition) is 5. The summed E-state index contributed by atoms with van der Waals surface area (Å²) >= 11 is 0. The van der Waals surface area contributed by atoms with Crippen LogP contribution in [0.4, 0.5) is 5.69 Å². The Bertz CT molecular complexity index is 2140. The lowest BCUT2D eigenvalue weighted by molar-refractivity contribution is -0.138. The monoisotopic (exact) mass is 782 g/mol. The molecular formula is C49H63N7O2. The largest absolute Gasteiger partial charge is 0.357 e. The van der Waals surface area contributed by atoms with Crippen LogP contribution in [0.15, 0.2) is 85.2 Å². The summed E-state index contributed by atoms with van der Waals surface area (Å²) < 4.78 is 0. The molecule has 9 nitrogen and oxygen atoms in total. The van der Waals surface area contributed by atoms with E-state index in [1.165, 1.54) is 54.3 Å². The van der Waals surface area contributed by atoms with Crippen molar-refractivity contribution < 1.29 is 9.59 Å². The fourth-order valence-corrected chi connectivity index (χ4v) is 9.00. The van der Waals surface area contributed by atoms with Gasteiger partial charge >= 0.3 is 0 Å². The second kappa shape index (κ2) is 17.4. The number of unbranched alkanes of at least 4 members (excludes halogenated alkanes) is 1. The molecule has 0 bridgehead atoms. The molecule has 2 saturated heterocycles. The van der Waals surface area contributed by atoms with Crippen LogP contribution in [0.3, 0.4) is 0 Å². The maximum Gasteiger partial charge on any atom is 0.245 e. The van der Waals surface area contributed by atoms with Crippen LogP contribution in [0.1, 0.15) is 152 Å². The number of hydrogen-bond donors (Lipinski definition) is 3. The molecule has 9 heteroatoms. The topological polar surface area (TPSA) is 110 Å². The molecule has 3 N–H and O–H groups in total. The number of nitrogens with one attached hydrogen (secondary N) is 3. The van der Waals surface area contributed by atoms with Crippen molar-refractivity contribution in [2.24, 2.45) is 5.92 Å². The van der Waals surface area contributed by atoms with Crippen LogP contribution >= 0.6 is 0 Å². The van der Waals surface area contributed by atoms with Gasteiger partial charge in [-0.2, -0.15) is 0 Å². The molecule has 3 unspecified atom stereocenters. The number of aromatic amines is 2. The summed E-state index contributed by atoms with van der Waals surface area (Å²) in [7, 11) is 0. The molecule has 5 aromatic rings. The van der Waals surface area contributed by atoms with Gasteiger partial charge < -0.3 is 25.1 Å². The minimum absolute atomic E-state index is 0.00655. The standard InChI is InChI=1S/C49H63N7O2/c1-9-10-12-32(4)40-29-50-46(53-40)36-18-14-34(15-19-36)42-26-27-43(56(42)39-24-22-38(23-25-39)49(6,7)8)35-16-20-37(21-17-35)47-51-30-41(54-47)44-13-11-28-55(44)48(58)45(31(2)3)52-33(5)57/h14-25,29-32,42-45H,9-13,26-28H2,1-8H3,(H,50,53)(H,51,54)(H,52,57)/t32?,42?,43?,44-,45-/m0/s1. The zero-order valence-electron chi connectivity index (χ0n) is 35.8. The summed E-state index contributed by atoms with van der Waals surface area (Å²) in [6, 6.07) is 26.9. The van der Waals surface area contributed by atoms with Gasteiger partial charge in [0.15, 0.2) is 0 Å². The molecule has 5 atom stereocenters. The molecule has 2 fully saturated rings. The Morgan fingerprint density at radius 3 is 1.93 bits per heavy atom. The molecule has 2 aliphatic heterocycles. The van der Waals surface area contributed by atoms with Gasteiger partial charge in [0.2, 0.25) is 11.8 Å². The number of amides is 2. The third-order valence-electron chi connectivity index (χ3n) is 12.5. The highest BCUT2D eigenvalue weighted by Gasteiger charge is 2.38. The molecule has 0 aliphatic carbocycles. The van der Waals surface area contributed by atoms with Crippen molar-refractivity contribution >= 4 is 17.5 Å². The van der Waals surface area contributed by atoms with Gasteiger partial charge in [0.1, 0.15) is 17.7 Å². The van der Waals surface area contributed by atoms with Gasteiger partial charge in [0.25, 0.3) is 0 Å². The SMILES string of the molecule is CCCCC(C)c1cnc(-c2ccc(C3CCC(c4ccc(-c5ncc([C@@H]6CCCN6C(=O)[C@@H](NC(C)=O)C(C)C)[nH]5)cc4)N3c3ccc(C(C)(C)C)cc3)cc2)[nH]1. The van der Waals surface area contributed by atoms with Crippen molar-refractivity contribution in [3.8, 4) is 22.8 Å². The first-order chi connectivity index (χ1) is 27.8. The number of imidazole rings is 2. The molecule has 58 heavy (non-hydrogen) atoms. The van der Waals surface area contributed by atoms with Crippen molar-refractivity contribution in [1.82, 2.24) is 30.2 Å².